The predicted octanol–water partition coefficient (Wildman–Crippen LogP) is 3.71. The number of anilines is 1. The minimum Gasteiger partial charge on any atom is -0.317 e. The van der Waals surface area contributed by atoms with Crippen LogP contribution in [0.15, 0.2) is 53.6 Å². The van der Waals surface area contributed by atoms with E-state index >= 15 is 0 Å². The van der Waals surface area contributed by atoms with Crippen molar-refractivity contribution in [2.75, 3.05) is 5.32 Å². The molecule has 0 radical (unpaired) electrons. The van der Waals surface area contributed by atoms with E-state index in [0.717, 1.165) is 16.8 Å². The predicted molar refractivity (Wildman–Crippen MR) is 101 cm³/mol. The Hall–Kier alpha value is -2.66. The number of carbonyl (C=O) groups excluding carboxylic acids is 2. The van der Waals surface area contributed by atoms with Crippen LogP contribution in [0.1, 0.15) is 24.5 Å². The summed E-state index contributed by atoms with van der Waals surface area (Å²) in [5.41, 5.74) is 5.51. The zero-order chi connectivity index (χ0) is 18.2. The molecule has 0 bridgehead atoms. The highest BCUT2D eigenvalue weighted by Gasteiger charge is 2.14. The second kappa shape index (κ2) is 8.99. The third-order valence-corrected chi connectivity index (χ3v) is 3.85. The number of halogens is 1. The Kier molecular flexibility index (Phi) is 6.71. The van der Waals surface area contributed by atoms with E-state index in [4.69, 9.17) is 11.6 Å². The normalized spacial score (nSPS) is 11.1. The van der Waals surface area contributed by atoms with Crippen LogP contribution in [0.3, 0.4) is 0 Å². The van der Waals surface area contributed by atoms with Crippen molar-refractivity contribution in [3.63, 3.8) is 0 Å². The largest absolute Gasteiger partial charge is 0.329 e. The van der Waals surface area contributed by atoms with E-state index < -0.39 is 11.8 Å². The molecule has 2 amide bonds. The Morgan fingerprint density at radius 2 is 1.80 bits per heavy atom. The SMILES string of the molecule is CCC(Cc1ccccc1)=NNC(=O)C(=O)Nc1ccc(Cl)cc1C. The van der Waals surface area contributed by atoms with Gasteiger partial charge in [0.1, 0.15) is 0 Å². The summed E-state index contributed by atoms with van der Waals surface area (Å²) in [6.45, 7) is 3.75. The zero-order valence-electron chi connectivity index (χ0n) is 14.2. The first-order valence-electron chi connectivity index (χ1n) is 7.96. The number of hydrogen-bond donors (Lipinski definition) is 2. The average molecular weight is 358 g/mol. The van der Waals surface area contributed by atoms with Crippen molar-refractivity contribution in [1.29, 1.82) is 0 Å². The molecule has 25 heavy (non-hydrogen) atoms. The zero-order valence-corrected chi connectivity index (χ0v) is 14.9. The van der Waals surface area contributed by atoms with Crippen molar-refractivity contribution in [2.45, 2.75) is 26.7 Å². The number of benzene rings is 2. The van der Waals surface area contributed by atoms with E-state index in [-0.39, 0.29) is 0 Å². The van der Waals surface area contributed by atoms with Crippen LogP contribution in [0.25, 0.3) is 0 Å². The van der Waals surface area contributed by atoms with E-state index in [2.05, 4.69) is 15.8 Å². The number of carbonyl (C=O) groups is 2. The second-order valence-corrected chi connectivity index (χ2v) is 5.98. The van der Waals surface area contributed by atoms with Crippen LogP contribution in [0.5, 0.6) is 0 Å². The molecule has 5 nitrogen and oxygen atoms in total. The van der Waals surface area contributed by atoms with Gasteiger partial charge in [-0.15, -0.1) is 0 Å². The van der Waals surface area contributed by atoms with Gasteiger partial charge in [-0.25, -0.2) is 5.43 Å². The molecule has 0 aliphatic heterocycles. The average Bonchev–Trinajstić information content (AvgIpc) is 2.61. The topological polar surface area (TPSA) is 70.6 Å². The minimum absolute atomic E-state index is 0.536. The van der Waals surface area contributed by atoms with Crippen LogP contribution < -0.4 is 10.7 Å². The fourth-order valence-corrected chi connectivity index (χ4v) is 2.43. The molecule has 0 aromatic heterocycles. The lowest BCUT2D eigenvalue weighted by atomic mass is 10.1. The summed E-state index contributed by atoms with van der Waals surface area (Å²) in [6.07, 6.45) is 1.29. The van der Waals surface area contributed by atoms with Crippen molar-refractivity contribution >= 4 is 34.8 Å². The van der Waals surface area contributed by atoms with Crippen molar-refractivity contribution in [3.05, 3.63) is 64.7 Å². The van der Waals surface area contributed by atoms with Crippen molar-refractivity contribution in [2.24, 2.45) is 5.10 Å². The summed E-state index contributed by atoms with van der Waals surface area (Å²) in [4.78, 5) is 23.9. The van der Waals surface area contributed by atoms with Gasteiger partial charge in [-0.05, 0) is 42.7 Å². The van der Waals surface area contributed by atoms with Gasteiger partial charge in [0.25, 0.3) is 0 Å². The molecule has 0 fully saturated rings. The lowest BCUT2D eigenvalue weighted by molar-refractivity contribution is -0.136. The summed E-state index contributed by atoms with van der Waals surface area (Å²) in [5, 5.41) is 7.19. The number of amides is 2. The van der Waals surface area contributed by atoms with Gasteiger partial charge >= 0.3 is 11.8 Å². The molecule has 0 heterocycles. The summed E-state index contributed by atoms with van der Waals surface area (Å²) in [6, 6.07) is 14.8. The van der Waals surface area contributed by atoms with Crippen molar-refractivity contribution < 1.29 is 9.59 Å². The van der Waals surface area contributed by atoms with Gasteiger partial charge in [0.15, 0.2) is 0 Å². The molecule has 2 aromatic carbocycles. The van der Waals surface area contributed by atoms with Crippen LogP contribution in [0.4, 0.5) is 5.69 Å². The summed E-state index contributed by atoms with van der Waals surface area (Å²) in [7, 11) is 0. The molecule has 2 rings (SSSR count). The van der Waals surface area contributed by atoms with E-state index in [9.17, 15) is 9.59 Å². The third-order valence-electron chi connectivity index (χ3n) is 3.62. The highest BCUT2D eigenvalue weighted by atomic mass is 35.5. The van der Waals surface area contributed by atoms with Gasteiger partial charge in [-0.1, -0.05) is 48.9 Å². The molecule has 6 heteroatoms. The highest BCUT2D eigenvalue weighted by molar-refractivity contribution is 6.39. The molecule has 130 valence electrons. The van der Waals surface area contributed by atoms with E-state index in [0.29, 0.717) is 23.6 Å². The summed E-state index contributed by atoms with van der Waals surface area (Å²) < 4.78 is 0. The number of hydrazone groups is 1. The van der Waals surface area contributed by atoms with Crippen LogP contribution >= 0.6 is 11.6 Å². The number of hydrogen-bond acceptors (Lipinski definition) is 3. The number of aryl methyl sites for hydroxylation is 1. The number of rotatable bonds is 5. The molecule has 0 saturated carbocycles. The Labute approximate surface area is 152 Å². The third kappa shape index (κ3) is 5.72. The molecule has 0 spiro atoms. The molecule has 0 unspecified atom stereocenters. The maximum atomic E-state index is 12.0. The molecule has 0 atom stereocenters. The van der Waals surface area contributed by atoms with Crippen molar-refractivity contribution in [3.8, 4) is 0 Å². The smallest absolute Gasteiger partial charge is 0.317 e. The van der Waals surface area contributed by atoms with Crippen molar-refractivity contribution in [1.82, 2.24) is 5.43 Å². The van der Waals surface area contributed by atoms with Gasteiger partial charge in [0.2, 0.25) is 0 Å². The van der Waals surface area contributed by atoms with E-state index in [1.54, 1.807) is 25.1 Å². The van der Waals surface area contributed by atoms with Crippen LogP contribution in [-0.2, 0) is 16.0 Å². The van der Waals surface area contributed by atoms with Crippen LogP contribution in [-0.4, -0.2) is 17.5 Å². The Morgan fingerprint density at radius 3 is 2.44 bits per heavy atom. The highest BCUT2D eigenvalue weighted by Crippen LogP contribution is 2.19. The molecule has 0 aliphatic carbocycles. The Morgan fingerprint density at radius 1 is 1.08 bits per heavy atom. The molecule has 2 aromatic rings. The fraction of sp³-hybridized carbons (Fsp3) is 0.211. The lowest BCUT2D eigenvalue weighted by Crippen LogP contribution is -2.33. The summed E-state index contributed by atoms with van der Waals surface area (Å²) in [5.74, 6) is -1.59. The van der Waals surface area contributed by atoms with E-state index in [1.807, 2.05) is 37.3 Å². The fourth-order valence-electron chi connectivity index (χ4n) is 2.20. The second-order valence-electron chi connectivity index (χ2n) is 5.55. The molecular weight excluding hydrogens is 338 g/mol. The Balaban J connectivity index is 1.96. The van der Waals surface area contributed by atoms with Gasteiger partial charge in [0.05, 0.1) is 0 Å². The van der Waals surface area contributed by atoms with Gasteiger partial charge < -0.3 is 5.32 Å². The Bertz CT molecular complexity index is 789. The van der Waals surface area contributed by atoms with Gasteiger partial charge in [-0.2, -0.15) is 5.10 Å². The van der Waals surface area contributed by atoms with Gasteiger partial charge in [-0.3, -0.25) is 9.59 Å². The van der Waals surface area contributed by atoms with Crippen LogP contribution in [0, 0.1) is 6.92 Å². The van der Waals surface area contributed by atoms with Gasteiger partial charge in [0, 0.05) is 22.8 Å². The van der Waals surface area contributed by atoms with Crippen LogP contribution in [0.2, 0.25) is 5.02 Å². The number of nitrogens with one attached hydrogen (secondary N) is 2. The standard InChI is InChI=1S/C19H20ClN3O2/c1-3-16(12-14-7-5-4-6-8-14)22-23-19(25)18(24)21-17-10-9-15(20)11-13(17)2/h4-11H,3,12H2,1-2H3,(H,21,24)(H,23,25). The first-order chi connectivity index (χ1) is 12.0. The maximum absolute atomic E-state index is 12.0. The maximum Gasteiger partial charge on any atom is 0.329 e. The lowest BCUT2D eigenvalue weighted by Gasteiger charge is -2.08. The number of nitrogens with zero attached hydrogens (tertiary/aromatic N) is 1. The molecule has 2 N–H and O–H groups in total. The first kappa shape index (κ1) is 18.7. The monoisotopic (exact) mass is 357 g/mol. The van der Waals surface area contributed by atoms with E-state index in [1.165, 1.54) is 0 Å². The minimum atomic E-state index is -0.812. The molecule has 0 aliphatic rings. The quantitative estimate of drug-likeness (QED) is 0.486. The first-order valence-corrected chi connectivity index (χ1v) is 8.34. The molecular formula is C19H20ClN3O2. The summed E-state index contributed by atoms with van der Waals surface area (Å²) >= 11 is 5.87. The molecule has 0 saturated heterocycles.